The molecule has 0 unspecified atom stereocenters. The maximum absolute atomic E-state index is 6.41. The van der Waals surface area contributed by atoms with Gasteiger partial charge in [0.1, 0.15) is 11.0 Å². The van der Waals surface area contributed by atoms with E-state index in [1.807, 2.05) is 0 Å². The van der Waals surface area contributed by atoms with Crippen molar-refractivity contribution >= 4 is 17.0 Å². The maximum atomic E-state index is 6.41. The van der Waals surface area contributed by atoms with Crippen molar-refractivity contribution in [2.45, 2.75) is 52.6 Å². The molecular weight excluding hydrogens is 222 g/mol. The number of nitrogens with zero attached hydrogens (tertiary/aromatic N) is 2. The predicted octanol–water partition coefficient (Wildman–Crippen LogP) is 3.02. The number of para-hydroxylation sites is 2. The number of imidazole rings is 1. The lowest BCUT2D eigenvalue weighted by molar-refractivity contribution is -0.717. The number of hydrogen-bond acceptors (Lipinski definition) is 1. The number of fused-ring (bicyclic) bond motifs is 1. The minimum Gasteiger partial charge on any atom is -0.290 e. The molecule has 0 aliphatic rings. The number of benzene rings is 1. The van der Waals surface area contributed by atoms with Crippen molar-refractivity contribution in [3.63, 3.8) is 0 Å². The number of aromatic nitrogens is 2. The van der Waals surface area contributed by atoms with Crippen molar-refractivity contribution in [3.8, 4) is 0 Å². The molecular formula is C15H24N3+. The molecule has 0 saturated carbocycles. The molecule has 1 heterocycles. The smallest absolute Gasteiger partial charge is 0.290 e. The first kappa shape index (κ1) is 12.9. The lowest BCUT2D eigenvalue weighted by atomic mass is 10.1. The number of hydrogen-bond donors (Lipinski definition) is 1. The molecule has 2 aromatic rings. The van der Waals surface area contributed by atoms with Crippen LogP contribution in [0.2, 0.25) is 0 Å². The topological polar surface area (TPSA) is 34.8 Å². The molecule has 0 spiro atoms. The summed E-state index contributed by atoms with van der Waals surface area (Å²) in [4.78, 5) is 0. The fourth-order valence-corrected chi connectivity index (χ4v) is 2.60. The molecule has 3 nitrogen and oxygen atoms in total. The van der Waals surface area contributed by atoms with Crippen molar-refractivity contribution in [1.82, 2.24) is 4.57 Å². The Morgan fingerprint density at radius 1 is 1.00 bits per heavy atom. The lowest BCUT2D eigenvalue weighted by Crippen LogP contribution is -2.52. The summed E-state index contributed by atoms with van der Waals surface area (Å²) in [6, 6.07) is 8.41. The summed E-state index contributed by atoms with van der Waals surface area (Å²) in [5.74, 6) is 0.816. The van der Waals surface area contributed by atoms with Crippen LogP contribution in [0.4, 0.5) is 5.95 Å². The van der Waals surface area contributed by atoms with Gasteiger partial charge in [0, 0.05) is 0 Å². The summed E-state index contributed by atoms with van der Waals surface area (Å²) in [6.45, 7) is 13.1. The molecule has 0 bridgehead atoms. The van der Waals surface area contributed by atoms with Crippen molar-refractivity contribution in [2.24, 2.45) is 0 Å². The van der Waals surface area contributed by atoms with E-state index in [-0.39, 0.29) is 11.1 Å². The minimum absolute atomic E-state index is 0.0276. The molecule has 0 saturated heterocycles. The van der Waals surface area contributed by atoms with E-state index in [4.69, 9.17) is 5.73 Å². The van der Waals surface area contributed by atoms with Crippen molar-refractivity contribution in [1.29, 1.82) is 0 Å². The zero-order valence-electron chi connectivity index (χ0n) is 12.3. The molecule has 98 valence electrons. The molecule has 18 heavy (non-hydrogen) atoms. The summed E-state index contributed by atoms with van der Waals surface area (Å²) >= 11 is 0. The monoisotopic (exact) mass is 246 g/mol. The molecule has 0 amide bonds. The van der Waals surface area contributed by atoms with Gasteiger partial charge in [0.2, 0.25) is 0 Å². The molecule has 0 aliphatic carbocycles. The van der Waals surface area contributed by atoms with Crippen molar-refractivity contribution < 1.29 is 4.57 Å². The quantitative estimate of drug-likeness (QED) is 0.712. The summed E-state index contributed by atoms with van der Waals surface area (Å²) in [5.41, 5.74) is 8.74. The van der Waals surface area contributed by atoms with E-state index < -0.39 is 0 Å². The van der Waals surface area contributed by atoms with E-state index in [1.165, 1.54) is 11.0 Å². The van der Waals surface area contributed by atoms with Gasteiger partial charge < -0.3 is 0 Å². The van der Waals surface area contributed by atoms with Crippen LogP contribution in [0.15, 0.2) is 24.3 Å². The van der Waals surface area contributed by atoms with E-state index in [2.05, 4.69) is 74.9 Å². The van der Waals surface area contributed by atoms with Gasteiger partial charge in [-0.15, -0.1) is 0 Å². The first-order valence-electron chi connectivity index (χ1n) is 6.46. The van der Waals surface area contributed by atoms with Gasteiger partial charge in [-0.25, -0.2) is 9.13 Å². The highest BCUT2D eigenvalue weighted by molar-refractivity contribution is 5.74. The predicted molar refractivity (Wildman–Crippen MR) is 76.5 cm³/mol. The van der Waals surface area contributed by atoms with Crippen LogP contribution >= 0.6 is 0 Å². The van der Waals surface area contributed by atoms with Crippen LogP contribution in [0.1, 0.15) is 41.5 Å². The van der Waals surface area contributed by atoms with Crippen LogP contribution in [-0.4, -0.2) is 4.57 Å². The molecule has 2 rings (SSSR count). The Hall–Kier alpha value is -1.51. The van der Waals surface area contributed by atoms with Gasteiger partial charge in [-0.3, -0.25) is 5.73 Å². The Labute approximate surface area is 109 Å². The largest absolute Gasteiger partial charge is 0.356 e. The zero-order valence-corrected chi connectivity index (χ0v) is 12.3. The van der Waals surface area contributed by atoms with Crippen LogP contribution < -0.4 is 10.3 Å². The van der Waals surface area contributed by atoms with Gasteiger partial charge in [-0.1, -0.05) is 12.1 Å². The maximum Gasteiger partial charge on any atom is 0.356 e. The average molecular weight is 246 g/mol. The van der Waals surface area contributed by atoms with Crippen molar-refractivity contribution in [3.05, 3.63) is 24.3 Å². The molecule has 0 atom stereocenters. The zero-order chi connectivity index (χ0) is 13.7. The summed E-state index contributed by atoms with van der Waals surface area (Å²) in [6.07, 6.45) is 0. The van der Waals surface area contributed by atoms with Gasteiger partial charge in [-0.2, -0.15) is 0 Å². The second kappa shape index (κ2) is 3.74. The SMILES string of the molecule is CC(C)(C)n1c(N)[n+](C(C)(C)C)c2ccccc21. The normalized spacial score (nSPS) is 13.2. The molecule has 3 heteroatoms. The molecule has 0 aliphatic heterocycles. The summed E-state index contributed by atoms with van der Waals surface area (Å²) in [7, 11) is 0. The number of anilines is 1. The van der Waals surface area contributed by atoms with E-state index >= 15 is 0 Å². The first-order valence-corrected chi connectivity index (χ1v) is 6.46. The van der Waals surface area contributed by atoms with Gasteiger partial charge in [0.15, 0.2) is 0 Å². The van der Waals surface area contributed by atoms with Crippen LogP contribution in [-0.2, 0) is 11.1 Å². The van der Waals surface area contributed by atoms with E-state index in [0.29, 0.717) is 0 Å². The fourth-order valence-electron chi connectivity index (χ4n) is 2.60. The third kappa shape index (κ3) is 1.88. The Kier molecular flexibility index (Phi) is 2.69. The third-order valence-corrected chi connectivity index (χ3v) is 3.16. The lowest BCUT2D eigenvalue weighted by Gasteiger charge is -2.20. The molecule has 0 radical (unpaired) electrons. The Morgan fingerprint density at radius 3 is 2.06 bits per heavy atom. The van der Waals surface area contributed by atoms with Gasteiger partial charge in [-0.05, 0) is 53.7 Å². The van der Waals surface area contributed by atoms with Crippen LogP contribution in [0, 0.1) is 0 Å². The third-order valence-electron chi connectivity index (χ3n) is 3.16. The standard InChI is InChI=1S/C15H23N3/c1-14(2,3)17-11-9-7-8-10-12(11)18(13(17)16)15(4,5)6/h7-10,16H,1-6H3/p+1. The number of rotatable bonds is 0. The average Bonchev–Trinajstić information content (AvgIpc) is 2.47. The van der Waals surface area contributed by atoms with Crippen LogP contribution in [0.25, 0.3) is 11.0 Å². The van der Waals surface area contributed by atoms with E-state index in [9.17, 15) is 0 Å². The second-order valence-corrected chi connectivity index (χ2v) is 6.86. The Morgan fingerprint density at radius 2 is 1.56 bits per heavy atom. The highest BCUT2D eigenvalue weighted by Gasteiger charge is 2.33. The molecule has 0 fully saturated rings. The Bertz CT molecular complexity index is 529. The van der Waals surface area contributed by atoms with Gasteiger partial charge in [0.25, 0.3) is 0 Å². The minimum atomic E-state index is -0.0276. The van der Waals surface area contributed by atoms with E-state index in [1.54, 1.807) is 0 Å². The molecule has 1 aromatic carbocycles. The van der Waals surface area contributed by atoms with Gasteiger partial charge in [0.05, 0.1) is 11.1 Å². The number of nitrogen functional groups attached to an aromatic ring is 1. The van der Waals surface area contributed by atoms with Gasteiger partial charge >= 0.3 is 5.95 Å². The number of nitrogens with two attached hydrogens (primary N) is 1. The Balaban J connectivity index is 2.94. The highest BCUT2D eigenvalue weighted by Crippen LogP contribution is 2.27. The van der Waals surface area contributed by atoms with Crippen molar-refractivity contribution in [2.75, 3.05) is 5.73 Å². The summed E-state index contributed by atoms with van der Waals surface area (Å²) in [5, 5.41) is 0. The van der Waals surface area contributed by atoms with Crippen LogP contribution in [0.5, 0.6) is 0 Å². The second-order valence-electron chi connectivity index (χ2n) is 6.86. The first-order chi connectivity index (χ1) is 8.14. The summed E-state index contributed by atoms with van der Waals surface area (Å²) < 4.78 is 4.43. The highest BCUT2D eigenvalue weighted by atomic mass is 15.3. The molecule has 1 aromatic heterocycles. The van der Waals surface area contributed by atoms with E-state index in [0.717, 1.165) is 5.95 Å². The fraction of sp³-hybridized carbons (Fsp3) is 0.533. The van der Waals surface area contributed by atoms with Crippen LogP contribution in [0.3, 0.4) is 0 Å². The molecule has 2 N–H and O–H groups in total.